The molecule has 0 aliphatic rings. The smallest absolute Gasteiger partial charge is 0.266 e. The summed E-state index contributed by atoms with van der Waals surface area (Å²) in [6, 6.07) is 22.7. The van der Waals surface area contributed by atoms with Crippen molar-refractivity contribution < 1.29 is 22.6 Å². The molecule has 224 valence electrons. The Morgan fingerprint density at radius 3 is 1.98 bits per heavy atom. The number of nitrogens with one attached hydrogen (secondary N) is 2. The van der Waals surface area contributed by atoms with Crippen LogP contribution >= 0.6 is 0 Å². The first kappa shape index (κ1) is 32.8. The standard InChI is InChI=1S/C34H42N2O5S/c1-33(2,3)20-19-24-7-11-26(12-8-24)30(32(38)36-29-17-15-28(16-18-29)34(4,5)6)23-25-9-13-27(14-10-25)31(37)35-21-22-42(39,40)41/h7-20,30H,21-23H2,1-6H3,(H,35,37)(H,36,38)(H,39,40,41). The van der Waals surface area contributed by atoms with Crippen molar-refractivity contribution in [3.05, 3.63) is 107 Å². The Kier molecular flexibility index (Phi) is 10.5. The molecular weight excluding hydrogens is 548 g/mol. The molecule has 1 atom stereocenters. The van der Waals surface area contributed by atoms with Gasteiger partial charge in [0.25, 0.3) is 16.0 Å². The molecule has 42 heavy (non-hydrogen) atoms. The van der Waals surface area contributed by atoms with Gasteiger partial charge in [-0.15, -0.1) is 0 Å². The number of hydrogen-bond donors (Lipinski definition) is 3. The molecule has 3 N–H and O–H groups in total. The van der Waals surface area contributed by atoms with E-state index in [4.69, 9.17) is 4.55 Å². The molecule has 0 saturated carbocycles. The van der Waals surface area contributed by atoms with Gasteiger partial charge in [-0.1, -0.05) is 102 Å². The fourth-order valence-electron chi connectivity index (χ4n) is 4.25. The van der Waals surface area contributed by atoms with E-state index in [1.807, 2.05) is 48.5 Å². The average Bonchev–Trinajstić information content (AvgIpc) is 2.90. The van der Waals surface area contributed by atoms with Crippen LogP contribution in [-0.4, -0.2) is 37.1 Å². The number of amides is 2. The predicted molar refractivity (Wildman–Crippen MR) is 170 cm³/mol. The fraction of sp³-hybridized carbons (Fsp3) is 0.353. The molecule has 0 aliphatic heterocycles. The Labute approximate surface area is 250 Å². The maximum atomic E-state index is 13.7. The summed E-state index contributed by atoms with van der Waals surface area (Å²) in [5, 5.41) is 5.55. The van der Waals surface area contributed by atoms with Crippen molar-refractivity contribution in [3.8, 4) is 0 Å². The Hall–Kier alpha value is -3.75. The molecule has 7 nitrogen and oxygen atoms in total. The second-order valence-electron chi connectivity index (χ2n) is 12.7. The van der Waals surface area contributed by atoms with E-state index in [-0.39, 0.29) is 23.3 Å². The largest absolute Gasteiger partial charge is 0.351 e. The Bertz CT molecular complexity index is 1490. The Morgan fingerprint density at radius 2 is 1.45 bits per heavy atom. The third-order valence-electron chi connectivity index (χ3n) is 6.75. The van der Waals surface area contributed by atoms with E-state index in [0.717, 1.165) is 22.4 Å². The summed E-state index contributed by atoms with van der Waals surface area (Å²) in [7, 11) is -4.16. The lowest BCUT2D eigenvalue weighted by Gasteiger charge is -2.21. The average molecular weight is 591 g/mol. The highest BCUT2D eigenvalue weighted by atomic mass is 32.2. The molecule has 2 amide bonds. The second-order valence-corrected chi connectivity index (χ2v) is 14.3. The first-order valence-electron chi connectivity index (χ1n) is 14.0. The molecule has 0 aliphatic carbocycles. The topological polar surface area (TPSA) is 113 Å². The van der Waals surface area contributed by atoms with E-state index < -0.39 is 27.7 Å². The lowest BCUT2D eigenvalue weighted by atomic mass is 9.87. The van der Waals surface area contributed by atoms with Gasteiger partial charge in [-0.05, 0) is 63.8 Å². The van der Waals surface area contributed by atoms with Gasteiger partial charge >= 0.3 is 0 Å². The summed E-state index contributed by atoms with van der Waals surface area (Å²) in [5.74, 6) is -1.62. The number of carbonyl (C=O) groups excluding carboxylic acids is 2. The predicted octanol–water partition coefficient (Wildman–Crippen LogP) is 6.63. The maximum Gasteiger partial charge on any atom is 0.266 e. The van der Waals surface area contributed by atoms with Gasteiger partial charge in [0.15, 0.2) is 0 Å². The van der Waals surface area contributed by atoms with Gasteiger partial charge in [0.1, 0.15) is 0 Å². The maximum absolute atomic E-state index is 13.7. The number of hydrogen-bond acceptors (Lipinski definition) is 4. The minimum absolute atomic E-state index is 0.00780. The molecule has 0 heterocycles. The fourth-order valence-corrected chi connectivity index (χ4v) is 4.61. The van der Waals surface area contributed by atoms with Gasteiger partial charge in [-0.3, -0.25) is 14.1 Å². The second kappa shape index (κ2) is 13.5. The lowest BCUT2D eigenvalue weighted by molar-refractivity contribution is -0.117. The third-order valence-corrected chi connectivity index (χ3v) is 7.47. The normalized spacial score (nSPS) is 13.1. The first-order valence-corrected chi connectivity index (χ1v) is 15.6. The van der Waals surface area contributed by atoms with Crippen LogP contribution in [0, 0.1) is 5.41 Å². The summed E-state index contributed by atoms with van der Waals surface area (Å²) in [6.07, 6.45) is 4.64. The van der Waals surface area contributed by atoms with E-state index in [9.17, 15) is 18.0 Å². The minimum atomic E-state index is -4.16. The van der Waals surface area contributed by atoms with Crippen LogP contribution in [0.3, 0.4) is 0 Å². The van der Waals surface area contributed by atoms with E-state index >= 15 is 0 Å². The molecule has 0 saturated heterocycles. The summed E-state index contributed by atoms with van der Waals surface area (Å²) < 4.78 is 30.7. The number of rotatable bonds is 10. The quantitative estimate of drug-likeness (QED) is 0.230. The number of anilines is 1. The number of benzene rings is 3. The van der Waals surface area contributed by atoms with Gasteiger partial charge in [0.05, 0.1) is 11.7 Å². The molecule has 3 rings (SSSR count). The molecule has 0 fully saturated rings. The van der Waals surface area contributed by atoms with Crippen molar-refractivity contribution >= 4 is 33.7 Å². The highest BCUT2D eigenvalue weighted by Crippen LogP contribution is 2.27. The Balaban J connectivity index is 1.81. The van der Waals surface area contributed by atoms with Crippen LogP contribution in [0.25, 0.3) is 6.08 Å². The van der Waals surface area contributed by atoms with Crippen LogP contribution in [0.2, 0.25) is 0 Å². The van der Waals surface area contributed by atoms with Crippen LogP contribution in [0.1, 0.15) is 80.1 Å². The molecule has 8 heteroatoms. The summed E-state index contributed by atoms with van der Waals surface area (Å²) in [6.45, 7) is 12.7. The van der Waals surface area contributed by atoms with Gasteiger partial charge < -0.3 is 10.6 Å². The van der Waals surface area contributed by atoms with Gasteiger partial charge in [0, 0.05) is 17.8 Å². The van der Waals surface area contributed by atoms with Gasteiger partial charge in [-0.25, -0.2) is 0 Å². The van der Waals surface area contributed by atoms with E-state index in [0.29, 0.717) is 12.0 Å². The Morgan fingerprint density at radius 1 is 0.857 bits per heavy atom. The van der Waals surface area contributed by atoms with Crippen molar-refractivity contribution in [1.29, 1.82) is 0 Å². The van der Waals surface area contributed by atoms with Gasteiger partial charge in [0.2, 0.25) is 5.91 Å². The van der Waals surface area contributed by atoms with Crippen LogP contribution in [0.5, 0.6) is 0 Å². The van der Waals surface area contributed by atoms with E-state index in [1.54, 1.807) is 24.3 Å². The first-order chi connectivity index (χ1) is 19.5. The van der Waals surface area contributed by atoms with E-state index in [1.165, 1.54) is 5.56 Å². The molecular formula is C34H42N2O5S. The molecule has 3 aromatic rings. The SMILES string of the molecule is CC(C)(C)C=Cc1ccc(C(Cc2ccc(C(=O)NCCS(=O)(=O)O)cc2)C(=O)Nc2ccc(C(C)(C)C)cc2)cc1. The van der Waals surface area contributed by atoms with Crippen molar-refractivity contribution in [1.82, 2.24) is 5.32 Å². The monoisotopic (exact) mass is 590 g/mol. The molecule has 0 aromatic heterocycles. The zero-order valence-electron chi connectivity index (χ0n) is 25.3. The lowest BCUT2D eigenvalue weighted by Crippen LogP contribution is -2.28. The zero-order valence-corrected chi connectivity index (χ0v) is 26.1. The van der Waals surface area contributed by atoms with Crippen molar-refractivity contribution in [3.63, 3.8) is 0 Å². The van der Waals surface area contributed by atoms with Crippen molar-refractivity contribution in [2.75, 3.05) is 17.6 Å². The number of carbonyl (C=O) groups is 2. The van der Waals surface area contributed by atoms with Crippen LogP contribution in [0.4, 0.5) is 5.69 Å². The van der Waals surface area contributed by atoms with Crippen LogP contribution < -0.4 is 10.6 Å². The van der Waals surface area contributed by atoms with Crippen LogP contribution in [0.15, 0.2) is 78.9 Å². The highest BCUT2D eigenvalue weighted by Gasteiger charge is 2.22. The molecule has 1 unspecified atom stereocenters. The third kappa shape index (κ3) is 10.6. The van der Waals surface area contributed by atoms with Gasteiger partial charge in [-0.2, -0.15) is 8.42 Å². The molecule has 0 bridgehead atoms. The summed E-state index contributed by atoms with van der Waals surface area (Å²) in [5.41, 5.74) is 5.11. The van der Waals surface area contributed by atoms with Crippen molar-refractivity contribution in [2.24, 2.45) is 5.41 Å². The van der Waals surface area contributed by atoms with Crippen LogP contribution in [-0.2, 0) is 26.7 Å². The minimum Gasteiger partial charge on any atom is -0.351 e. The van der Waals surface area contributed by atoms with Crippen molar-refractivity contribution in [2.45, 2.75) is 59.3 Å². The molecule has 0 radical (unpaired) electrons. The molecule has 0 spiro atoms. The molecule has 3 aromatic carbocycles. The number of allylic oxidation sites excluding steroid dienone is 1. The zero-order chi connectivity index (χ0) is 31.1. The summed E-state index contributed by atoms with van der Waals surface area (Å²) in [4.78, 5) is 26.0. The summed E-state index contributed by atoms with van der Waals surface area (Å²) >= 11 is 0. The highest BCUT2D eigenvalue weighted by molar-refractivity contribution is 7.85. The van der Waals surface area contributed by atoms with E-state index in [2.05, 4.69) is 64.3 Å².